The summed E-state index contributed by atoms with van der Waals surface area (Å²) in [7, 11) is 0. The second-order valence-electron chi connectivity index (χ2n) is 3.98. The van der Waals surface area contributed by atoms with Crippen LogP contribution in [0.15, 0.2) is 23.4 Å². The van der Waals surface area contributed by atoms with Gasteiger partial charge in [0.2, 0.25) is 0 Å². The van der Waals surface area contributed by atoms with E-state index < -0.39 is 0 Å². The number of ether oxygens (including phenoxy) is 1. The van der Waals surface area contributed by atoms with Crippen LogP contribution >= 0.6 is 0 Å². The average molecular weight is 252 g/mol. The molecule has 0 aliphatic rings. The predicted molar refractivity (Wildman–Crippen MR) is 69.5 cm³/mol. The first kappa shape index (κ1) is 14.4. The van der Waals surface area contributed by atoms with Crippen LogP contribution in [0.2, 0.25) is 0 Å². The Hall–Kier alpha value is -1.66. The quantitative estimate of drug-likeness (QED) is 0.218. The lowest BCUT2D eigenvalue weighted by Gasteiger charge is -2.11. The number of nitrogens with one attached hydrogen (secondary N) is 1. The molecule has 0 bridgehead atoms. The van der Waals surface area contributed by atoms with Crippen molar-refractivity contribution in [3.8, 4) is 0 Å². The van der Waals surface area contributed by atoms with Gasteiger partial charge in [0.05, 0.1) is 12.3 Å². The molecule has 6 nitrogen and oxygen atoms in total. The fourth-order valence-corrected chi connectivity index (χ4v) is 1.39. The van der Waals surface area contributed by atoms with Gasteiger partial charge in [0.1, 0.15) is 6.10 Å². The topological polar surface area (TPSA) is 92.8 Å². The van der Waals surface area contributed by atoms with Crippen molar-refractivity contribution in [2.45, 2.75) is 26.5 Å². The highest BCUT2D eigenvalue weighted by atomic mass is 16.5. The van der Waals surface area contributed by atoms with E-state index in [1.807, 2.05) is 25.1 Å². The molecular weight excluding hydrogens is 232 g/mol. The Kier molecular flexibility index (Phi) is 6.10. The van der Waals surface area contributed by atoms with Crippen LogP contribution in [0.3, 0.4) is 0 Å². The SMILES string of the molecule is Cc1cccc(CNCCOC(C)/C(N)=N/O)n1. The number of nitrogens with zero attached hydrogens (tertiary/aromatic N) is 2. The Morgan fingerprint density at radius 3 is 3.06 bits per heavy atom. The van der Waals surface area contributed by atoms with Gasteiger partial charge in [-0.2, -0.15) is 0 Å². The van der Waals surface area contributed by atoms with Gasteiger partial charge in [-0.25, -0.2) is 0 Å². The van der Waals surface area contributed by atoms with Crippen LogP contribution < -0.4 is 11.1 Å². The van der Waals surface area contributed by atoms with Crippen LogP contribution in [-0.4, -0.2) is 35.3 Å². The highest BCUT2D eigenvalue weighted by molar-refractivity contribution is 5.83. The molecule has 0 aliphatic heterocycles. The molecule has 0 aliphatic carbocycles. The maximum Gasteiger partial charge on any atom is 0.168 e. The van der Waals surface area contributed by atoms with Crippen LogP contribution in [0, 0.1) is 6.92 Å². The van der Waals surface area contributed by atoms with Crippen molar-refractivity contribution in [1.82, 2.24) is 10.3 Å². The third kappa shape index (κ3) is 5.11. The Bertz CT molecular complexity index is 395. The second kappa shape index (κ2) is 7.62. The van der Waals surface area contributed by atoms with E-state index in [0.717, 1.165) is 11.4 Å². The third-order valence-corrected chi connectivity index (χ3v) is 2.43. The molecule has 0 amide bonds. The molecule has 0 radical (unpaired) electrons. The molecule has 1 rings (SSSR count). The lowest BCUT2D eigenvalue weighted by Crippen LogP contribution is -2.31. The first-order valence-electron chi connectivity index (χ1n) is 5.85. The van der Waals surface area contributed by atoms with E-state index in [4.69, 9.17) is 15.7 Å². The summed E-state index contributed by atoms with van der Waals surface area (Å²) in [6, 6.07) is 5.92. The van der Waals surface area contributed by atoms with Gasteiger partial charge >= 0.3 is 0 Å². The van der Waals surface area contributed by atoms with Crippen molar-refractivity contribution in [2.24, 2.45) is 10.9 Å². The van der Waals surface area contributed by atoms with Crippen molar-refractivity contribution in [3.05, 3.63) is 29.6 Å². The molecule has 6 heteroatoms. The van der Waals surface area contributed by atoms with E-state index in [1.54, 1.807) is 6.92 Å². The summed E-state index contributed by atoms with van der Waals surface area (Å²) in [5, 5.41) is 14.5. The molecule has 0 saturated heterocycles. The Morgan fingerprint density at radius 1 is 1.61 bits per heavy atom. The zero-order valence-corrected chi connectivity index (χ0v) is 10.8. The van der Waals surface area contributed by atoms with Gasteiger partial charge in [-0.15, -0.1) is 0 Å². The maximum atomic E-state index is 8.44. The second-order valence-corrected chi connectivity index (χ2v) is 3.98. The van der Waals surface area contributed by atoms with Crippen LogP contribution in [0.4, 0.5) is 0 Å². The van der Waals surface area contributed by atoms with Crippen LogP contribution in [-0.2, 0) is 11.3 Å². The molecule has 18 heavy (non-hydrogen) atoms. The molecule has 1 atom stereocenters. The van der Waals surface area contributed by atoms with E-state index in [-0.39, 0.29) is 11.9 Å². The molecule has 100 valence electrons. The Morgan fingerprint density at radius 2 is 2.39 bits per heavy atom. The van der Waals surface area contributed by atoms with E-state index in [2.05, 4.69) is 15.5 Å². The minimum absolute atomic E-state index is 0.0790. The average Bonchev–Trinajstić information content (AvgIpc) is 2.37. The van der Waals surface area contributed by atoms with Crippen LogP contribution in [0.25, 0.3) is 0 Å². The summed E-state index contributed by atoms with van der Waals surface area (Å²) in [4.78, 5) is 4.37. The number of amidine groups is 1. The number of pyridine rings is 1. The zero-order chi connectivity index (χ0) is 13.4. The van der Waals surface area contributed by atoms with E-state index in [9.17, 15) is 0 Å². The van der Waals surface area contributed by atoms with Crippen molar-refractivity contribution in [2.75, 3.05) is 13.2 Å². The molecule has 0 spiro atoms. The predicted octanol–water partition coefficient (Wildman–Crippen LogP) is 0.631. The summed E-state index contributed by atoms with van der Waals surface area (Å²) < 4.78 is 5.36. The van der Waals surface area contributed by atoms with Gasteiger partial charge in [0, 0.05) is 18.8 Å². The van der Waals surface area contributed by atoms with E-state index in [1.165, 1.54) is 0 Å². The number of oxime groups is 1. The number of aryl methyl sites for hydroxylation is 1. The summed E-state index contributed by atoms with van der Waals surface area (Å²) in [6.45, 7) is 5.56. The Labute approximate surface area is 107 Å². The Balaban J connectivity index is 2.16. The molecule has 0 fully saturated rings. The van der Waals surface area contributed by atoms with Gasteiger partial charge in [0.15, 0.2) is 5.84 Å². The standard InChI is InChI=1S/C12H20N4O2/c1-9-4-3-5-11(15-9)8-14-6-7-18-10(2)12(13)16-17/h3-5,10,14,17H,6-8H2,1-2H3,(H2,13,16). The van der Waals surface area contributed by atoms with Crippen LogP contribution in [0.5, 0.6) is 0 Å². The van der Waals surface area contributed by atoms with E-state index >= 15 is 0 Å². The number of hydrogen-bond acceptors (Lipinski definition) is 5. The maximum absolute atomic E-state index is 8.44. The van der Waals surface area contributed by atoms with Crippen LogP contribution in [0.1, 0.15) is 18.3 Å². The van der Waals surface area contributed by atoms with Crippen molar-refractivity contribution in [1.29, 1.82) is 0 Å². The molecular formula is C12H20N4O2. The molecule has 1 aromatic rings. The fourth-order valence-electron chi connectivity index (χ4n) is 1.39. The van der Waals surface area contributed by atoms with Gasteiger partial charge in [0.25, 0.3) is 0 Å². The van der Waals surface area contributed by atoms with E-state index in [0.29, 0.717) is 19.7 Å². The first-order valence-corrected chi connectivity index (χ1v) is 5.85. The largest absolute Gasteiger partial charge is 0.409 e. The van der Waals surface area contributed by atoms with Crippen molar-refractivity contribution >= 4 is 5.84 Å². The minimum Gasteiger partial charge on any atom is -0.409 e. The lowest BCUT2D eigenvalue weighted by molar-refractivity contribution is 0.108. The molecule has 1 unspecified atom stereocenters. The van der Waals surface area contributed by atoms with Crippen molar-refractivity contribution < 1.29 is 9.94 Å². The summed E-state index contributed by atoms with van der Waals surface area (Å²) in [6.07, 6.45) is -0.381. The molecule has 0 aromatic carbocycles. The highest BCUT2D eigenvalue weighted by Gasteiger charge is 2.06. The number of rotatable bonds is 7. The molecule has 4 N–H and O–H groups in total. The van der Waals surface area contributed by atoms with Gasteiger partial charge < -0.3 is 21.0 Å². The molecule has 1 heterocycles. The monoisotopic (exact) mass is 252 g/mol. The normalized spacial score (nSPS) is 13.6. The molecule has 0 saturated carbocycles. The van der Waals surface area contributed by atoms with Gasteiger partial charge in [-0.05, 0) is 26.0 Å². The number of nitrogens with two attached hydrogens (primary N) is 1. The van der Waals surface area contributed by atoms with Gasteiger partial charge in [-0.1, -0.05) is 11.2 Å². The number of hydrogen-bond donors (Lipinski definition) is 3. The summed E-state index contributed by atoms with van der Waals surface area (Å²) in [5.41, 5.74) is 7.39. The molecule has 1 aromatic heterocycles. The number of aromatic nitrogens is 1. The van der Waals surface area contributed by atoms with Crippen molar-refractivity contribution in [3.63, 3.8) is 0 Å². The smallest absolute Gasteiger partial charge is 0.168 e. The van der Waals surface area contributed by atoms with Gasteiger partial charge in [-0.3, -0.25) is 4.98 Å². The zero-order valence-electron chi connectivity index (χ0n) is 10.8. The first-order chi connectivity index (χ1) is 8.63. The summed E-state index contributed by atoms with van der Waals surface area (Å²) in [5.74, 6) is 0.0790. The third-order valence-electron chi connectivity index (χ3n) is 2.43. The lowest BCUT2D eigenvalue weighted by atomic mass is 10.3. The minimum atomic E-state index is -0.381. The fraction of sp³-hybridized carbons (Fsp3) is 0.500. The summed E-state index contributed by atoms with van der Waals surface area (Å²) >= 11 is 0. The highest BCUT2D eigenvalue weighted by Crippen LogP contribution is 1.97.